The monoisotopic (exact) mass is 277 g/mol. The van der Waals surface area contributed by atoms with Crippen LogP contribution in [0.4, 0.5) is 0 Å². The summed E-state index contributed by atoms with van der Waals surface area (Å²) in [4.78, 5) is 14.5. The Bertz CT molecular complexity index is 458. The Labute approximate surface area is 120 Å². The van der Waals surface area contributed by atoms with Gasteiger partial charge in [-0.25, -0.2) is 4.79 Å². The van der Waals surface area contributed by atoms with Gasteiger partial charge in [-0.15, -0.1) is 0 Å². The van der Waals surface area contributed by atoms with E-state index in [2.05, 4.69) is 25.7 Å². The standard InChI is InChI=1S/C16H23NO3/c1-5-19-14(18)16(11-17(12-16)15(2,3)4)20-13-9-7-6-8-10-13/h6-10H,5,11-12H2,1-4H3. The highest BCUT2D eigenvalue weighted by molar-refractivity contribution is 5.82. The molecule has 1 saturated heterocycles. The molecule has 0 N–H and O–H groups in total. The molecule has 0 bridgehead atoms. The van der Waals surface area contributed by atoms with E-state index >= 15 is 0 Å². The van der Waals surface area contributed by atoms with Crippen LogP contribution in [0.25, 0.3) is 0 Å². The zero-order valence-corrected chi connectivity index (χ0v) is 12.7. The van der Waals surface area contributed by atoms with Gasteiger partial charge in [0.1, 0.15) is 5.75 Å². The van der Waals surface area contributed by atoms with Crippen molar-refractivity contribution in [3.05, 3.63) is 30.3 Å². The second kappa shape index (κ2) is 5.44. The van der Waals surface area contributed by atoms with Crippen LogP contribution >= 0.6 is 0 Å². The fourth-order valence-electron chi connectivity index (χ4n) is 2.26. The largest absolute Gasteiger partial charge is 0.473 e. The summed E-state index contributed by atoms with van der Waals surface area (Å²) >= 11 is 0. The number of esters is 1. The van der Waals surface area contributed by atoms with Gasteiger partial charge >= 0.3 is 5.97 Å². The first-order chi connectivity index (χ1) is 9.37. The molecule has 0 radical (unpaired) electrons. The average molecular weight is 277 g/mol. The summed E-state index contributed by atoms with van der Waals surface area (Å²) in [5.41, 5.74) is -0.847. The Kier molecular flexibility index (Phi) is 4.04. The highest BCUT2D eigenvalue weighted by atomic mass is 16.6. The molecule has 1 aliphatic rings. The molecule has 1 fully saturated rings. The van der Waals surface area contributed by atoms with Crippen molar-refractivity contribution < 1.29 is 14.3 Å². The minimum Gasteiger partial charge on any atom is -0.473 e. The summed E-state index contributed by atoms with van der Waals surface area (Å²) in [6, 6.07) is 9.44. The van der Waals surface area contributed by atoms with Crippen molar-refractivity contribution in [2.75, 3.05) is 19.7 Å². The van der Waals surface area contributed by atoms with Gasteiger partial charge in [-0.2, -0.15) is 0 Å². The molecule has 2 rings (SSSR count). The third-order valence-electron chi connectivity index (χ3n) is 3.55. The summed E-state index contributed by atoms with van der Waals surface area (Å²) in [6.07, 6.45) is 0. The minimum atomic E-state index is -0.870. The molecule has 0 saturated carbocycles. The van der Waals surface area contributed by atoms with Crippen molar-refractivity contribution in [3.8, 4) is 5.75 Å². The van der Waals surface area contributed by atoms with Crippen LogP contribution < -0.4 is 4.74 Å². The Morgan fingerprint density at radius 1 is 1.25 bits per heavy atom. The van der Waals surface area contributed by atoms with E-state index in [-0.39, 0.29) is 11.5 Å². The fourth-order valence-corrected chi connectivity index (χ4v) is 2.26. The number of nitrogens with zero attached hydrogens (tertiary/aromatic N) is 1. The summed E-state index contributed by atoms with van der Waals surface area (Å²) < 4.78 is 11.2. The summed E-state index contributed by atoms with van der Waals surface area (Å²) in [7, 11) is 0. The quantitative estimate of drug-likeness (QED) is 0.793. The lowest BCUT2D eigenvalue weighted by Crippen LogP contribution is -2.73. The number of likely N-dealkylation sites (tertiary alicyclic amines) is 1. The minimum absolute atomic E-state index is 0.0239. The van der Waals surface area contributed by atoms with Crippen molar-refractivity contribution in [1.82, 2.24) is 4.90 Å². The maximum atomic E-state index is 12.3. The van der Waals surface area contributed by atoms with E-state index in [0.717, 1.165) is 0 Å². The summed E-state index contributed by atoms with van der Waals surface area (Å²) in [6.45, 7) is 9.69. The maximum Gasteiger partial charge on any atom is 0.353 e. The average Bonchev–Trinajstić information content (AvgIpc) is 2.33. The second-order valence-electron chi connectivity index (χ2n) is 6.16. The van der Waals surface area contributed by atoms with Gasteiger partial charge in [0.25, 0.3) is 0 Å². The smallest absolute Gasteiger partial charge is 0.353 e. The Hall–Kier alpha value is -1.55. The molecule has 0 aromatic heterocycles. The SMILES string of the molecule is CCOC(=O)C1(Oc2ccccc2)CN(C(C)(C)C)C1. The van der Waals surface area contributed by atoms with Crippen LogP contribution in [0.3, 0.4) is 0 Å². The van der Waals surface area contributed by atoms with Crippen LogP contribution in [0.2, 0.25) is 0 Å². The van der Waals surface area contributed by atoms with E-state index in [0.29, 0.717) is 25.4 Å². The molecule has 1 heterocycles. The third-order valence-corrected chi connectivity index (χ3v) is 3.55. The molecule has 0 unspecified atom stereocenters. The molecule has 4 heteroatoms. The van der Waals surface area contributed by atoms with Crippen LogP contribution in [0.1, 0.15) is 27.7 Å². The molecular formula is C16H23NO3. The lowest BCUT2D eigenvalue weighted by Gasteiger charge is -2.52. The van der Waals surface area contributed by atoms with E-state index < -0.39 is 5.60 Å². The Morgan fingerprint density at radius 3 is 2.35 bits per heavy atom. The van der Waals surface area contributed by atoms with Crippen molar-refractivity contribution in [2.24, 2.45) is 0 Å². The highest BCUT2D eigenvalue weighted by Gasteiger charge is 2.55. The van der Waals surface area contributed by atoms with E-state index in [1.54, 1.807) is 0 Å². The number of rotatable bonds is 4. The van der Waals surface area contributed by atoms with Gasteiger partial charge in [-0.05, 0) is 39.8 Å². The number of hydrogen-bond donors (Lipinski definition) is 0. The van der Waals surface area contributed by atoms with Gasteiger partial charge in [0.15, 0.2) is 0 Å². The van der Waals surface area contributed by atoms with E-state index in [4.69, 9.17) is 9.47 Å². The van der Waals surface area contributed by atoms with Crippen LogP contribution in [0.5, 0.6) is 5.75 Å². The maximum absolute atomic E-state index is 12.3. The summed E-state index contributed by atoms with van der Waals surface area (Å²) in [5.74, 6) is 0.429. The lowest BCUT2D eigenvalue weighted by atomic mass is 9.88. The molecule has 0 atom stereocenters. The topological polar surface area (TPSA) is 38.8 Å². The number of carbonyl (C=O) groups is 1. The normalized spacial score (nSPS) is 18.2. The predicted octanol–water partition coefficient (Wildman–Crippen LogP) is 2.48. The molecule has 1 aromatic rings. The molecule has 20 heavy (non-hydrogen) atoms. The zero-order chi connectivity index (χ0) is 14.8. The van der Waals surface area contributed by atoms with Crippen molar-refractivity contribution >= 4 is 5.97 Å². The van der Waals surface area contributed by atoms with E-state index in [1.807, 2.05) is 37.3 Å². The van der Waals surface area contributed by atoms with Crippen molar-refractivity contribution in [2.45, 2.75) is 38.8 Å². The number of hydrogen-bond acceptors (Lipinski definition) is 4. The van der Waals surface area contributed by atoms with Crippen LogP contribution in [0.15, 0.2) is 30.3 Å². The second-order valence-corrected chi connectivity index (χ2v) is 6.16. The molecule has 0 aliphatic carbocycles. The van der Waals surface area contributed by atoms with Gasteiger partial charge in [0.2, 0.25) is 5.60 Å². The van der Waals surface area contributed by atoms with Gasteiger partial charge in [0, 0.05) is 5.54 Å². The molecule has 0 spiro atoms. The molecule has 110 valence electrons. The van der Waals surface area contributed by atoms with Crippen molar-refractivity contribution in [1.29, 1.82) is 0 Å². The highest BCUT2D eigenvalue weighted by Crippen LogP contribution is 2.33. The zero-order valence-electron chi connectivity index (χ0n) is 12.7. The molecule has 1 aromatic carbocycles. The van der Waals surface area contributed by atoms with Gasteiger partial charge in [0.05, 0.1) is 19.7 Å². The Balaban J connectivity index is 2.13. The lowest BCUT2D eigenvalue weighted by molar-refractivity contribution is -0.185. The van der Waals surface area contributed by atoms with Crippen molar-refractivity contribution in [3.63, 3.8) is 0 Å². The van der Waals surface area contributed by atoms with Gasteiger partial charge < -0.3 is 9.47 Å². The summed E-state index contributed by atoms with van der Waals surface area (Å²) in [5, 5.41) is 0. The van der Waals surface area contributed by atoms with Gasteiger partial charge in [-0.1, -0.05) is 18.2 Å². The van der Waals surface area contributed by atoms with Gasteiger partial charge in [-0.3, -0.25) is 4.90 Å². The number of para-hydroxylation sites is 1. The third kappa shape index (κ3) is 2.96. The number of ether oxygens (including phenoxy) is 2. The molecular weight excluding hydrogens is 254 g/mol. The fraction of sp³-hybridized carbons (Fsp3) is 0.562. The number of carbonyl (C=O) groups excluding carboxylic acids is 1. The predicted molar refractivity (Wildman–Crippen MR) is 77.8 cm³/mol. The Morgan fingerprint density at radius 2 is 1.85 bits per heavy atom. The van der Waals surface area contributed by atoms with Crippen LogP contribution in [0, 0.1) is 0 Å². The first kappa shape index (κ1) is 14.9. The van der Waals surface area contributed by atoms with Crippen LogP contribution in [-0.4, -0.2) is 41.7 Å². The molecule has 1 aliphatic heterocycles. The first-order valence-corrected chi connectivity index (χ1v) is 7.04. The number of benzene rings is 1. The molecule has 4 nitrogen and oxygen atoms in total. The van der Waals surface area contributed by atoms with E-state index in [1.165, 1.54) is 0 Å². The first-order valence-electron chi connectivity index (χ1n) is 7.04. The van der Waals surface area contributed by atoms with Crippen LogP contribution in [-0.2, 0) is 9.53 Å². The van der Waals surface area contributed by atoms with E-state index in [9.17, 15) is 4.79 Å². The molecule has 0 amide bonds.